The van der Waals surface area contributed by atoms with E-state index in [0.29, 0.717) is 38.6 Å². The first kappa shape index (κ1) is 26.2. The van der Waals surface area contributed by atoms with E-state index >= 15 is 0 Å². The molecule has 34 heavy (non-hydrogen) atoms. The minimum absolute atomic E-state index is 0.00396. The number of carbonyl (C=O) groups is 2. The minimum atomic E-state index is -0.165. The summed E-state index contributed by atoms with van der Waals surface area (Å²) in [5.41, 5.74) is 2.43. The molecule has 1 aliphatic heterocycles. The molecule has 186 valence electrons. The number of ether oxygens (including phenoxy) is 2. The van der Waals surface area contributed by atoms with Crippen LogP contribution in [0.15, 0.2) is 35.7 Å². The van der Waals surface area contributed by atoms with Gasteiger partial charge in [0.05, 0.1) is 12.6 Å². The summed E-state index contributed by atoms with van der Waals surface area (Å²) in [6, 6.07) is 10.1. The quantitative estimate of drug-likeness (QED) is 0.424. The first-order valence-corrected chi connectivity index (χ1v) is 13.1. The highest BCUT2D eigenvalue weighted by Crippen LogP contribution is 2.34. The van der Waals surface area contributed by atoms with Gasteiger partial charge in [-0.3, -0.25) is 9.59 Å². The van der Waals surface area contributed by atoms with Crippen LogP contribution in [-0.4, -0.2) is 61.6 Å². The maximum Gasteiger partial charge on any atom is 0.242 e. The Kier molecular flexibility index (Phi) is 9.54. The van der Waals surface area contributed by atoms with Crippen LogP contribution in [0.1, 0.15) is 62.1 Å². The van der Waals surface area contributed by atoms with Gasteiger partial charge in [0.2, 0.25) is 11.8 Å². The fourth-order valence-corrected chi connectivity index (χ4v) is 5.21. The Morgan fingerprint density at radius 3 is 2.53 bits per heavy atom. The third-order valence-corrected chi connectivity index (χ3v) is 7.27. The van der Waals surface area contributed by atoms with E-state index in [4.69, 9.17) is 9.47 Å². The lowest BCUT2D eigenvalue weighted by Gasteiger charge is -2.37. The smallest absolute Gasteiger partial charge is 0.242 e. The van der Waals surface area contributed by atoms with Crippen molar-refractivity contribution >= 4 is 23.2 Å². The SMILES string of the molecule is COCCCN(CC(=O)N1CCc2sccc2[C@H]1COc1ccc(C(C)C)cc1)C(=O)C(C)C. The second-order valence-electron chi connectivity index (χ2n) is 9.45. The summed E-state index contributed by atoms with van der Waals surface area (Å²) in [5.74, 6) is 1.07. The standard InChI is InChI=1S/C27H38N2O4S/c1-19(2)21-7-9-22(10-8-21)33-18-24-23-12-16-34-25(23)11-14-29(24)26(30)17-28(13-6-15-32-5)27(31)20(3)4/h7-10,12,16,19-20,24H,6,11,13-15,17-18H2,1-5H3/t24-/m1/s1. The van der Waals surface area contributed by atoms with E-state index in [2.05, 4.69) is 37.4 Å². The minimum Gasteiger partial charge on any atom is -0.491 e. The van der Waals surface area contributed by atoms with E-state index in [0.717, 1.165) is 17.7 Å². The topological polar surface area (TPSA) is 59.1 Å². The first-order valence-electron chi connectivity index (χ1n) is 12.2. The summed E-state index contributed by atoms with van der Waals surface area (Å²) in [6.07, 6.45) is 1.54. The molecule has 3 rings (SSSR count). The van der Waals surface area contributed by atoms with Crippen LogP contribution >= 0.6 is 11.3 Å². The average Bonchev–Trinajstić information content (AvgIpc) is 3.30. The summed E-state index contributed by atoms with van der Waals surface area (Å²) < 4.78 is 11.3. The van der Waals surface area contributed by atoms with Crippen molar-refractivity contribution < 1.29 is 19.1 Å². The van der Waals surface area contributed by atoms with Crippen molar-refractivity contribution in [3.8, 4) is 5.75 Å². The first-order chi connectivity index (χ1) is 16.3. The van der Waals surface area contributed by atoms with Gasteiger partial charge in [-0.1, -0.05) is 39.8 Å². The molecule has 0 saturated heterocycles. The second-order valence-corrected chi connectivity index (χ2v) is 10.4. The van der Waals surface area contributed by atoms with Crippen LogP contribution in [0, 0.1) is 5.92 Å². The molecule has 0 unspecified atom stereocenters. The molecule has 6 nitrogen and oxygen atoms in total. The van der Waals surface area contributed by atoms with Crippen LogP contribution in [0.5, 0.6) is 5.75 Å². The van der Waals surface area contributed by atoms with Gasteiger partial charge in [-0.05, 0) is 53.5 Å². The number of rotatable bonds is 11. The van der Waals surface area contributed by atoms with Gasteiger partial charge in [0.25, 0.3) is 0 Å². The van der Waals surface area contributed by atoms with Gasteiger partial charge in [0.15, 0.2) is 0 Å². The zero-order chi connectivity index (χ0) is 24.7. The van der Waals surface area contributed by atoms with Crippen molar-refractivity contribution in [1.29, 1.82) is 0 Å². The number of fused-ring (bicyclic) bond motifs is 1. The van der Waals surface area contributed by atoms with Gasteiger partial charge in [-0.2, -0.15) is 0 Å². The molecule has 0 N–H and O–H groups in total. The lowest BCUT2D eigenvalue weighted by Crippen LogP contribution is -2.48. The number of hydrogen-bond donors (Lipinski definition) is 0. The monoisotopic (exact) mass is 486 g/mol. The number of thiophene rings is 1. The van der Waals surface area contributed by atoms with E-state index in [-0.39, 0.29) is 30.3 Å². The van der Waals surface area contributed by atoms with Crippen molar-refractivity contribution in [1.82, 2.24) is 9.80 Å². The van der Waals surface area contributed by atoms with Crippen molar-refractivity contribution in [2.75, 3.05) is 40.0 Å². The molecule has 1 atom stereocenters. The van der Waals surface area contributed by atoms with Gasteiger partial charge in [0, 0.05) is 37.6 Å². The van der Waals surface area contributed by atoms with Crippen LogP contribution in [0.4, 0.5) is 0 Å². The Morgan fingerprint density at radius 2 is 1.88 bits per heavy atom. The number of hydrogen-bond acceptors (Lipinski definition) is 5. The zero-order valence-corrected chi connectivity index (χ0v) is 21.9. The van der Waals surface area contributed by atoms with Gasteiger partial charge in [-0.15, -0.1) is 11.3 Å². The Morgan fingerprint density at radius 1 is 1.15 bits per heavy atom. The van der Waals surface area contributed by atoms with E-state index in [1.807, 2.05) is 30.9 Å². The molecule has 7 heteroatoms. The highest BCUT2D eigenvalue weighted by atomic mass is 32.1. The molecule has 0 fully saturated rings. The largest absolute Gasteiger partial charge is 0.491 e. The van der Waals surface area contributed by atoms with Crippen molar-refractivity contribution in [3.63, 3.8) is 0 Å². The van der Waals surface area contributed by atoms with Crippen LogP contribution in [0.2, 0.25) is 0 Å². The number of amides is 2. The van der Waals surface area contributed by atoms with Gasteiger partial charge < -0.3 is 19.3 Å². The molecule has 1 aliphatic rings. The molecular weight excluding hydrogens is 448 g/mol. The zero-order valence-electron chi connectivity index (χ0n) is 21.1. The molecule has 1 aromatic heterocycles. The molecule has 2 aromatic rings. The summed E-state index contributed by atoms with van der Waals surface area (Å²) in [4.78, 5) is 31.1. The molecule has 2 heterocycles. The number of methoxy groups -OCH3 is 1. The summed E-state index contributed by atoms with van der Waals surface area (Å²) >= 11 is 1.73. The van der Waals surface area contributed by atoms with E-state index in [1.165, 1.54) is 10.4 Å². The fraction of sp³-hybridized carbons (Fsp3) is 0.556. The molecule has 0 aliphatic carbocycles. The number of nitrogens with zero attached hydrogens (tertiary/aromatic N) is 2. The summed E-state index contributed by atoms with van der Waals surface area (Å²) in [5, 5.41) is 2.09. The fourth-order valence-electron chi connectivity index (χ4n) is 4.28. The molecular formula is C27H38N2O4S. The summed E-state index contributed by atoms with van der Waals surface area (Å²) in [7, 11) is 1.65. The van der Waals surface area contributed by atoms with E-state index < -0.39 is 0 Å². The van der Waals surface area contributed by atoms with Crippen molar-refractivity contribution in [2.24, 2.45) is 5.92 Å². The van der Waals surface area contributed by atoms with Gasteiger partial charge in [-0.25, -0.2) is 0 Å². The Bertz CT molecular complexity index is 938. The molecule has 0 spiro atoms. The number of carbonyl (C=O) groups excluding carboxylic acids is 2. The molecule has 0 radical (unpaired) electrons. The summed E-state index contributed by atoms with van der Waals surface area (Å²) in [6.45, 7) is 10.3. The highest BCUT2D eigenvalue weighted by molar-refractivity contribution is 7.10. The maximum atomic E-state index is 13.5. The Labute approximate surface area is 207 Å². The number of benzene rings is 1. The van der Waals surface area contributed by atoms with Crippen molar-refractivity contribution in [2.45, 2.75) is 52.5 Å². The molecule has 2 amide bonds. The lowest BCUT2D eigenvalue weighted by atomic mass is 10.00. The second kappa shape index (κ2) is 12.4. The third-order valence-electron chi connectivity index (χ3n) is 6.28. The Balaban J connectivity index is 1.73. The lowest BCUT2D eigenvalue weighted by molar-refractivity contribution is -0.144. The van der Waals surface area contributed by atoms with Crippen LogP contribution in [0.25, 0.3) is 0 Å². The van der Waals surface area contributed by atoms with Crippen LogP contribution < -0.4 is 4.74 Å². The van der Waals surface area contributed by atoms with Crippen LogP contribution in [0.3, 0.4) is 0 Å². The predicted octanol–water partition coefficient (Wildman–Crippen LogP) is 4.90. The predicted molar refractivity (Wildman–Crippen MR) is 136 cm³/mol. The van der Waals surface area contributed by atoms with Crippen molar-refractivity contribution in [3.05, 3.63) is 51.7 Å². The van der Waals surface area contributed by atoms with Gasteiger partial charge >= 0.3 is 0 Å². The third kappa shape index (κ3) is 6.60. The van der Waals surface area contributed by atoms with E-state index in [9.17, 15) is 9.59 Å². The maximum absolute atomic E-state index is 13.5. The molecule has 0 saturated carbocycles. The molecule has 0 bridgehead atoms. The Hall–Kier alpha value is -2.38. The highest BCUT2D eigenvalue weighted by Gasteiger charge is 2.33. The van der Waals surface area contributed by atoms with Crippen LogP contribution in [-0.2, 0) is 20.7 Å². The van der Waals surface area contributed by atoms with E-state index in [1.54, 1.807) is 23.3 Å². The molecule has 1 aromatic carbocycles. The normalized spacial score (nSPS) is 15.5. The average molecular weight is 487 g/mol. The van der Waals surface area contributed by atoms with Gasteiger partial charge in [0.1, 0.15) is 12.4 Å².